The summed E-state index contributed by atoms with van der Waals surface area (Å²) in [7, 11) is 0. The quantitative estimate of drug-likeness (QED) is 0.351. The van der Waals surface area contributed by atoms with E-state index in [-0.39, 0.29) is 30.4 Å². The third kappa shape index (κ3) is 5.37. The van der Waals surface area contributed by atoms with Gasteiger partial charge in [0.1, 0.15) is 0 Å². The van der Waals surface area contributed by atoms with Gasteiger partial charge in [-0.25, -0.2) is 0 Å². The van der Waals surface area contributed by atoms with E-state index in [2.05, 4.69) is 48.3 Å². The van der Waals surface area contributed by atoms with Gasteiger partial charge in [0.05, 0.1) is 23.8 Å². The fourth-order valence-corrected chi connectivity index (χ4v) is 5.93. The molecule has 0 aromatic heterocycles. The molecular formula is C33H35N3O4. The van der Waals surface area contributed by atoms with Gasteiger partial charge in [0, 0.05) is 42.9 Å². The number of benzene rings is 3. The highest BCUT2D eigenvalue weighted by atomic mass is 16.4. The monoisotopic (exact) mass is 537 g/mol. The first-order valence-corrected chi connectivity index (χ1v) is 14.0. The second kappa shape index (κ2) is 11.8. The summed E-state index contributed by atoms with van der Waals surface area (Å²) in [5.74, 6) is -1.37. The van der Waals surface area contributed by atoms with E-state index in [1.807, 2.05) is 54.6 Å². The number of hydrogen-bond donors (Lipinski definition) is 2. The maximum atomic E-state index is 14.1. The topological polar surface area (TPSA) is 90.0 Å². The minimum absolute atomic E-state index is 0.00218. The number of rotatable bonds is 8. The van der Waals surface area contributed by atoms with Gasteiger partial charge in [-0.3, -0.25) is 19.3 Å². The van der Waals surface area contributed by atoms with Gasteiger partial charge in [-0.15, -0.1) is 0 Å². The molecule has 1 aliphatic carbocycles. The lowest BCUT2D eigenvalue weighted by Gasteiger charge is -2.35. The molecule has 3 aromatic carbocycles. The number of carbonyl (C=O) groups excluding carboxylic acids is 2. The van der Waals surface area contributed by atoms with Gasteiger partial charge in [0.2, 0.25) is 5.91 Å². The molecular weight excluding hydrogens is 502 g/mol. The molecule has 0 bridgehead atoms. The molecule has 0 spiro atoms. The molecule has 0 fully saturated rings. The Kier molecular flexibility index (Phi) is 8.01. The first kappa shape index (κ1) is 27.2. The number of nitrogens with zero attached hydrogens (tertiary/aromatic N) is 2. The van der Waals surface area contributed by atoms with Crippen molar-refractivity contribution in [1.29, 1.82) is 0 Å². The van der Waals surface area contributed by atoms with Crippen LogP contribution in [0.2, 0.25) is 0 Å². The Morgan fingerprint density at radius 3 is 2.23 bits per heavy atom. The smallest absolute Gasteiger partial charge is 0.303 e. The maximum Gasteiger partial charge on any atom is 0.303 e. The highest BCUT2D eigenvalue weighted by molar-refractivity contribution is 6.06. The van der Waals surface area contributed by atoms with E-state index in [4.69, 9.17) is 0 Å². The van der Waals surface area contributed by atoms with Crippen molar-refractivity contribution in [3.05, 3.63) is 101 Å². The number of carboxylic acid groups (broad SMARTS) is 1. The molecule has 206 valence electrons. The van der Waals surface area contributed by atoms with Crippen LogP contribution in [0.4, 0.5) is 17.1 Å². The average Bonchev–Trinajstić information content (AvgIpc) is 3.12. The maximum absolute atomic E-state index is 14.1. The number of ketones is 1. The fourth-order valence-electron chi connectivity index (χ4n) is 5.93. The van der Waals surface area contributed by atoms with Crippen LogP contribution in [0.3, 0.4) is 0 Å². The van der Waals surface area contributed by atoms with Crippen molar-refractivity contribution in [2.45, 2.75) is 51.5 Å². The van der Waals surface area contributed by atoms with Crippen molar-refractivity contribution in [1.82, 2.24) is 0 Å². The molecule has 1 aliphatic heterocycles. The third-order valence-corrected chi connectivity index (χ3v) is 7.92. The van der Waals surface area contributed by atoms with Crippen molar-refractivity contribution in [2.75, 3.05) is 28.2 Å². The Morgan fingerprint density at radius 2 is 1.55 bits per heavy atom. The van der Waals surface area contributed by atoms with Crippen LogP contribution >= 0.6 is 0 Å². The number of para-hydroxylation sites is 2. The molecule has 40 heavy (non-hydrogen) atoms. The molecule has 2 atom stereocenters. The van der Waals surface area contributed by atoms with Crippen LogP contribution in [0.25, 0.3) is 0 Å². The van der Waals surface area contributed by atoms with Crippen LogP contribution in [-0.4, -0.2) is 35.9 Å². The van der Waals surface area contributed by atoms with Gasteiger partial charge in [-0.2, -0.15) is 0 Å². The lowest BCUT2D eigenvalue weighted by atomic mass is 9.78. The van der Waals surface area contributed by atoms with E-state index >= 15 is 0 Å². The lowest BCUT2D eigenvalue weighted by Crippen LogP contribution is -2.38. The number of nitrogens with one attached hydrogen (secondary N) is 1. The first-order valence-electron chi connectivity index (χ1n) is 14.0. The molecule has 1 heterocycles. The van der Waals surface area contributed by atoms with Crippen LogP contribution in [0.5, 0.6) is 0 Å². The molecule has 7 nitrogen and oxygen atoms in total. The molecule has 0 saturated heterocycles. The summed E-state index contributed by atoms with van der Waals surface area (Å²) >= 11 is 0. The van der Waals surface area contributed by atoms with E-state index < -0.39 is 12.0 Å². The fraction of sp³-hybridized carbons (Fsp3) is 0.303. The van der Waals surface area contributed by atoms with E-state index in [1.54, 1.807) is 4.90 Å². The Hall–Kier alpha value is -4.39. The third-order valence-electron chi connectivity index (χ3n) is 7.92. The molecule has 3 aromatic rings. The first-order chi connectivity index (χ1) is 19.4. The molecule has 0 saturated carbocycles. The number of hydrogen-bond acceptors (Lipinski definition) is 5. The van der Waals surface area contributed by atoms with Crippen molar-refractivity contribution < 1.29 is 19.5 Å². The highest BCUT2D eigenvalue weighted by Crippen LogP contribution is 2.47. The standard InChI is InChI=1S/C33H35N3O4/c1-3-35(4-2)25-16-14-22(15-17-25)24-20-27-32(29(37)21-24)33(23-10-6-5-7-11-23)36(30(38)18-19-31(39)40)28-13-9-8-12-26(28)34-27/h5-17,24,33-34H,3-4,18-21H2,1-2H3,(H,39,40)/t24-,33-/m0/s1. The summed E-state index contributed by atoms with van der Waals surface area (Å²) in [6.07, 6.45) is 0.519. The zero-order valence-corrected chi connectivity index (χ0v) is 23.0. The highest BCUT2D eigenvalue weighted by Gasteiger charge is 2.41. The minimum Gasteiger partial charge on any atom is -0.481 e. The van der Waals surface area contributed by atoms with Gasteiger partial charge in [-0.05, 0) is 61.6 Å². The molecule has 7 heteroatoms. The minimum atomic E-state index is -1.03. The summed E-state index contributed by atoms with van der Waals surface area (Å²) < 4.78 is 0. The number of fused-ring (bicyclic) bond motifs is 1. The number of Topliss-reactive ketones (excluding diaryl/α,β-unsaturated/α-hetero) is 1. The molecule has 5 rings (SSSR count). The van der Waals surface area contributed by atoms with Gasteiger partial charge in [0.15, 0.2) is 5.78 Å². The summed E-state index contributed by atoms with van der Waals surface area (Å²) in [5.41, 5.74) is 5.83. The van der Waals surface area contributed by atoms with Crippen LogP contribution in [0, 0.1) is 0 Å². The van der Waals surface area contributed by atoms with Crippen molar-refractivity contribution >= 4 is 34.7 Å². The van der Waals surface area contributed by atoms with E-state index in [0.717, 1.165) is 41.3 Å². The number of carbonyl (C=O) groups is 3. The van der Waals surface area contributed by atoms with E-state index in [9.17, 15) is 19.5 Å². The van der Waals surface area contributed by atoms with Crippen LogP contribution in [-0.2, 0) is 14.4 Å². The predicted octanol–water partition coefficient (Wildman–Crippen LogP) is 6.30. The van der Waals surface area contributed by atoms with Crippen molar-refractivity contribution in [3.8, 4) is 0 Å². The summed E-state index contributed by atoms with van der Waals surface area (Å²) in [5, 5.41) is 12.8. The SMILES string of the molecule is CCN(CC)c1ccc([C@@H]2CC(=O)C3=C(C2)Nc2ccccc2N(C(=O)CCC(=O)O)[C@H]3c2ccccc2)cc1. The van der Waals surface area contributed by atoms with Crippen LogP contribution < -0.4 is 15.1 Å². The Labute approximate surface area is 235 Å². The van der Waals surface area contributed by atoms with Crippen LogP contribution in [0.1, 0.15) is 62.6 Å². The van der Waals surface area contributed by atoms with Gasteiger partial charge >= 0.3 is 5.97 Å². The molecule has 1 amide bonds. The van der Waals surface area contributed by atoms with Gasteiger partial charge < -0.3 is 15.3 Å². The Bertz CT molecular complexity index is 1430. The Morgan fingerprint density at radius 1 is 0.875 bits per heavy atom. The molecule has 2 N–H and O–H groups in total. The number of carboxylic acids is 1. The average molecular weight is 538 g/mol. The van der Waals surface area contributed by atoms with Gasteiger partial charge in [0.25, 0.3) is 0 Å². The number of aliphatic carboxylic acids is 1. The second-order valence-corrected chi connectivity index (χ2v) is 10.3. The number of allylic oxidation sites excluding steroid dienone is 1. The molecule has 2 aliphatic rings. The van der Waals surface area contributed by atoms with Crippen LogP contribution in [0.15, 0.2) is 90.1 Å². The predicted molar refractivity (Wildman–Crippen MR) is 158 cm³/mol. The van der Waals surface area contributed by atoms with Crippen molar-refractivity contribution in [3.63, 3.8) is 0 Å². The largest absolute Gasteiger partial charge is 0.481 e. The normalized spacial score (nSPS) is 18.4. The second-order valence-electron chi connectivity index (χ2n) is 10.3. The van der Waals surface area contributed by atoms with Crippen molar-refractivity contribution in [2.24, 2.45) is 0 Å². The van der Waals surface area contributed by atoms with Gasteiger partial charge in [-0.1, -0.05) is 54.6 Å². The number of anilines is 3. The summed E-state index contributed by atoms with van der Waals surface area (Å²) in [6.45, 7) is 6.14. The summed E-state index contributed by atoms with van der Waals surface area (Å²) in [6, 6.07) is 24.9. The number of amides is 1. The molecule has 0 radical (unpaired) electrons. The van der Waals surface area contributed by atoms with E-state index in [1.165, 1.54) is 0 Å². The Balaban J connectivity index is 1.59. The zero-order chi connectivity index (χ0) is 28.2. The zero-order valence-electron chi connectivity index (χ0n) is 23.0. The lowest BCUT2D eigenvalue weighted by molar-refractivity contribution is -0.138. The molecule has 0 unspecified atom stereocenters. The van der Waals surface area contributed by atoms with E-state index in [0.29, 0.717) is 24.1 Å². The summed E-state index contributed by atoms with van der Waals surface area (Å²) in [4.78, 5) is 43.0.